The van der Waals surface area contributed by atoms with Crippen LogP contribution in [0.4, 0.5) is 5.69 Å². The summed E-state index contributed by atoms with van der Waals surface area (Å²) in [5.74, 6) is -0.553. The van der Waals surface area contributed by atoms with Crippen LogP contribution in [0.1, 0.15) is 6.42 Å². The lowest BCUT2D eigenvalue weighted by Gasteiger charge is -2.10. The molecular formula is C15H15NO3S. The number of hydrogen-bond donors (Lipinski definition) is 1. The number of carbonyl (C=O) groups is 1. The molecule has 0 aromatic heterocycles. The molecule has 0 unspecified atom stereocenters. The number of nitrogens with one attached hydrogen (secondary N) is 1. The number of anilines is 1. The first-order valence-electron chi connectivity index (χ1n) is 6.54. The van der Waals surface area contributed by atoms with Gasteiger partial charge in [0.25, 0.3) is 0 Å². The number of fused-ring (bicyclic) bond motifs is 1. The minimum atomic E-state index is -3.03. The third-order valence-corrected chi connectivity index (χ3v) is 5.39. The molecule has 1 atom stereocenters. The normalized spacial score (nSPS) is 20.9. The van der Waals surface area contributed by atoms with Gasteiger partial charge in [0, 0.05) is 5.69 Å². The molecule has 1 heterocycles. The standard InChI is InChI=1S/C15H15NO3S/c17-15(13-7-8-20(18,19)10-13)16-14-6-5-11-3-1-2-4-12(11)9-14/h1-6,9,13H,7-8,10H2,(H,16,17)/t13-/m0/s1. The number of amides is 1. The molecule has 3 rings (SSSR count). The average molecular weight is 289 g/mol. The van der Waals surface area contributed by atoms with Crippen LogP contribution in [0.3, 0.4) is 0 Å². The second kappa shape index (κ2) is 4.90. The molecular weight excluding hydrogens is 274 g/mol. The Morgan fingerprint density at radius 1 is 1.10 bits per heavy atom. The fraction of sp³-hybridized carbons (Fsp3) is 0.267. The van der Waals surface area contributed by atoms with Gasteiger partial charge in [0.2, 0.25) is 5.91 Å². The van der Waals surface area contributed by atoms with Crippen LogP contribution in [0, 0.1) is 5.92 Å². The van der Waals surface area contributed by atoms with Crippen LogP contribution in [0.25, 0.3) is 10.8 Å². The second-order valence-corrected chi connectivity index (χ2v) is 7.38. The summed E-state index contributed by atoms with van der Waals surface area (Å²) in [7, 11) is -3.03. The molecule has 1 saturated heterocycles. The van der Waals surface area contributed by atoms with Gasteiger partial charge in [-0.25, -0.2) is 8.42 Å². The van der Waals surface area contributed by atoms with Crippen molar-refractivity contribution in [2.45, 2.75) is 6.42 Å². The second-order valence-electron chi connectivity index (χ2n) is 5.15. The Labute approximate surface area is 117 Å². The average Bonchev–Trinajstić information content (AvgIpc) is 2.79. The van der Waals surface area contributed by atoms with Crippen molar-refractivity contribution in [2.24, 2.45) is 5.92 Å². The lowest BCUT2D eigenvalue weighted by Crippen LogP contribution is -2.23. The third kappa shape index (κ3) is 2.67. The van der Waals surface area contributed by atoms with Crippen LogP contribution in [0.5, 0.6) is 0 Å². The predicted molar refractivity (Wildman–Crippen MR) is 79.3 cm³/mol. The maximum absolute atomic E-state index is 12.1. The van der Waals surface area contributed by atoms with Crippen LogP contribution < -0.4 is 5.32 Å². The molecule has 4 nitrogen and oxygen atoms in total. The Balaban J connectivity index is 1.78. The van der Waals surface area contributed by atoms with Gasteiger partial charge in [0.05, 0.1) is 17.4 Å². The summed E-state index contributed by atoms with van der Waals surface area (Å²) in [5, 5.41) is 4.96. The lowest BCUT2D eigenvalue weighted by molar-refractivity contribution is -0.119. The van der Waals surface area contributed by atoms with Crippen molar-refractivity contribution >= 4 is 32.2 Å². The molecule has 0 aliphatic carbocycles. The molecule has 20 heavy (non-hydrogen) atoms. The van der Waals surface area contributed by atoms with Crippen molar-refractivity contribution < 1.29 is 13.2 Å². The molecule has 2 aromatic carbocycles. The van der Waals surface area contributed by atoms with Crippen LogP contribution in [-0.2, 0) is 14.6 Å². The molecule has 0 bridgehead atoms. The molecule has 104 valence electrons. The largest absolute Gasteiger partial charge is 0.326 e. The zero-order valence-electron chi connectivity index (χ0n) is 10.9. The number of hydrogen-bond acceptors (Lipinski definition) is 3. The lowest BCUT2D eigenvalue weighted by atomic mass is 10.1. The van der Waals surface area contributed by atoms with Gasteiger partial charge in [0.1, 0.15) is 0 Å². The van der Waals surface area contributed by atoms with Gasteiger partial charge in [-0.3, -0.25) is 4.79 Å². The van der Waals surface area contributed by atoms with E-state index in [2.05, 4.69) is 5.32 Å². The Morgan fingerprint density at radius 2 is 1.85 bits per heavy atom. The van der Waals surface area contributed by atoms with Gasteiger partial charge < -0.3 is 5.32 Å². The van der Waals surface area contributed by atoms with E-state index in [4.69, 9.17) is 0 Å². The highest BCUT2D eigenvalue weighted by Crippen LogP contribution is 2.22. The van der Waals surface area contributed by atoms with Gasteiger partial charge in [0.15, 0.2) is 9.84 Å². The van der Waals surface area contributed by atoms with Crippen molar-refractivity contribution in [1.29, 1.82) is 0 Å². The van der Waals surface area contributed by atoms with E-state index in [-0.39, 0.29) is 17.4 Å². The highest BCUT2D eigenvalue weighted by atomic mass is 32.2. The van der Waals surface area contributed by atoms with Crippen molar-refractivity contribution in [3.8, 4) is 0 Å². The van der Waals surface area contributed by atoms with E-state index in [9.17, 15) is 13.2 Å². The quantitative estimate of drug-likeness (QED) is 0.922. The summed E-state index contributed by atoms with van der Waals surface area (Å²) in [4.78, 5) is 12.1. The Kier molecular flexibility index (Phi) is 3.22. The van der Waals surface area contributed by atoms with Crippen LogP contribution >= 0.6 is 0 Å². The molecule has 1 aliphatic heterocycles. The predicted octanol–water partition coefficient (Wildman–Crippen LogP) is 2.21. The van der Waals surface area contributed by atoms with Crippen LogP contribution in [0.15, 0.2) is 42.5 Å². The smallest absolute Gasteiger partial charge is 0.228 e. The topological polar surface area (TPSA) is 63.2 Å². The molecule has 2 aromatic rings. The SMILES string of the molecule is O=C(Nc1ccc2ccccc2c1)[C@H]1CCS(=O)(=O)C1. The zero-order valence-corrected chi connectivity index (χ0v) is 11.7. The van der Waals surface area contributed by atoms with E-state index in [1.54, 1.807) is 0 Å². The fourth-order valence-electron chi connectivity index (χ4n) is 2.51. The third-order valence-electron chi connectivity index (χ3n) is 3.62. The molecule has 0 spiro atoms. The summed E-state index contributed by atoms with van der Waals surface area (Å²) < 4.78 is 22.8. The molecule has 1 aliphatic rings. The molecule has 0 saturated carbocycles. The molecule has 1 N–H and O–H groups in total. The van der Waals surface area contributed by atoms with E-state index in [1.807, 2.05) is 42.5 Å². The molecule has 0 radical (unpaired) electrons. The minimum Gasteiger partial charge on any atom is -0.326 e. The van der Waals surface area contributed by atoms with Crippen molar-refractivity contribution in [3.05, 3.63) is 42.5 Å². The molecule has 5 heteroatoms. The molecule has 1 amide bonds. The highest BCUT2D eigenvalue weighted by Gasteiger charge is 2.32. The first-order chi connectivity index (χ1) is 9.53. The van der Waals surface area contributed by atoms with Gasteiger partial charge >= 0.3 is 0 Å². The maximum atomic E-state index is 12.1. The van der Waals surface area contributed by atoms with Crippen molar-refractivity contribution in [3.63, 3.8) is 0 Å². The van der Waals surface area contributed by atoms with Gasteiger partial charge in [-0.15, -0.1) is 0 Å². The number of carbonyl (C=O) groups excluding carboxylic acids is 1. The minimum absolute atomic E-state index is 0.0353. The summed E-state index contributed by atoms with van der Waals surface area (Å²) in [6, 6.07) is 13.6. The summed E-state index contributed by atoms with van der Waals surface area (Å²) >= 11 is 0. The number of benzene rings is 2. The van der Waals surface area contributed by atoms with E-state index in [1.165, 1.54) is 0 Å². The Morgan fingerprint density at radius 3 is 2.55 bits per heavy atom. The first-order valence-corrected chi connectivity index (χ1v) is 8.36. The van der Waals surface area contributed by atoms with Gasteiger partial charge in [-0.2, -0.15) is 0 Å². The van der Waals surface area contributed by atoms with E-state index in [0.29, 0.717) is 12.1 Å². The first kappa shape index (κ1) is 13.1. The van der Waals surface area contributed by atoms with E-state index >= 15 is 0 Å². The summed E-state index contributed by atoms with van der Waals surface area (Å²) in [6.07, 6.45) is 0.418. The summed E-state index contributed by atoms with van der Waals surface area (Å²) in [5.41, 5.74) is 0.706. The van der Waals surface area contributed by atoms with E-state index < -0.39 is 15.8 Å². The summed E-state index contributed by atoms with van der Waals surface area (Å²) in [6.45, 7) is 0. The zero-order chi connectivity index (χ0) is 14.2. The maximum Gasteiger partial charge on any atom is 0.228 e. The Hall–Kier alpha value is -1.88. The van der Waals surface area contributed by atoms with Crippen LogP contribution in [0.2, 0.25) is 0 Å². The number of rotatable bonds is 2. The highest BCUT2D eigenvalue weighted by molar-refractivity contribution is 7.91. The Bertz CT molecular complexity index is 768. The van der Waals surface area contributed by atoms with Crippen LogP contribution in [-0.4, -0.2) is 25.8 Å². The molecule has 1 fully saturated rings. The van der Waals surface area contributed by atoms with E-state index in [0.717, 1.165) is 10.8 Å². The van der Waals surface area contributed by atoms with Crippen molar-refractivity contribution in [1.82, 2.24) is 0 Å². The van der Waals surface area contributed by atoms with Crippen molar-refractivity contribution in [2.75, 3.05) is 16.8 Å². The number of sulfone groups is 1. The van der Waals surface area contributed by atoms with Gasteiger partial charge in [-0.05, 0) is 29.3 Å². The fourth-order valence-corrected chi connectivity index (χ4v) is 4.25. The van der Waals surface area contributed by atoms with Gasteiger partial charge in [-0.1, -0.05) is 30.3 Å². The monoisotopic (exact) mass is 289 g/mol.